The third-order valence-corrected chi connectivity index (χ3v) is 5.18. The minimum absolute atomic E-state index is 0.210. The van der Waals surface area contributed by atoms with E-state index in [0.717, 1.165) is 30.0 Å². The Morgan fingerprint density at radius 1 is 1.07 bits per heavy atom. The van der Waals surface area contributed by atoms with Crippen molar-refractivity contribution in [3.05, 3.63) is 83.3 Å². The second kappa shape index (κ2) is 8.63. The Hall–Kier alpha value is -2.57. The number of halogens is 1. The highest BCUT2D eigenvalue weighted by atomic mass is 19.1. The average Bonchev–Trinajstić information content (AvgIpc) is 3.31. The van der Waals surface area contributed by atoms with Crippen molar-refractivity contribution < 1.29 is 13.7 Å². The van der Waals surface area contributed by atoms with E-state index < -0.39 is 0 Å². The van der Waals surface area contributed by atoms with Gasteiger partial charge in [-0.1, -0.05) is 17.3 Å². The highest BCUT2D eigenvalue weighted by molar-refractivity contribution is 5.17. The first-order valence-corrected chi connectivity index (χ1v) is 9.55. The predicted octanol–water partition coefficient (Wildman–Crippen LogP) is 3.78. The number of aromatic nitrogens is 2. The maximum Gasteiger partial charge on any atom is 0.137 e. The standard InChI is InChI=1S/C22H24FN3O2/c1-16-9-21(28-25-16)11-19-14-27-15-22(19)26(12-17-5-7-24-8-6-17)13-18-3-2-4-20(23)10-18/h2-10,19,22H,11-15H2,1H3/t19-,22-/m1/s1. The number of rotatable bonds is 7. The van der Waals surface area contributed by atoms with E-state index in [0.29, 0.717) is 25.7 Å². The predicted molar refractivity (Wildman–Crippen MR) is 103 cm³/mol. The second-order valence-corrected chi connectivity index (χ2v) is 7.39. The molecule has 28 heavy (non-hydrogen) atoms. The Morgan fingerprint density at radius 3 is 2.64 bits per heavy atom. The Labute approximate surface area is 164 Å². The van der Waals surface area contributed by atoms with Crippen molar-refractivity contribution in [2.75, 3.05) is 13.2 Å². The molecule has 1 saturated heterocycles. The van der Waals surface area contributed by atoms with Gasteiger partial charge in [0.25, 0.3) is 0 Å². The van der Waals surface area contributed by atoms with Gasteiger partial charge in [0.15, 0.2) is 0 Å². The summed E-state index contributed by atoms with van der Waals surface area (Å²) in [5.74, 6) is 0.966. The Balaban J connectivity index is 1.55. The van der Waals surface area contributed by atoms with Gasteiger partial charge in [0.2, 0.25) is 0 Å². The fourth-order valence-electron chi connectivity index (χ4n) is 3.84. The second-order valence-electron chi connectivity index (χ2n) is 7.39. The van der Waals surface area contributed by atoms with E-state index >= 15 is 0 Å². The van der Waals surface area contributed by atoms with Crippen molar-refractivity contribution in [3.8, 4) is 0 Å². The fraction of sp³-hybridized carbons (Fsp3) is 0.364. The van der Waals surface area contributed by atoms with Crippen LogP contribution in [-0.2, 0) is 24.2 Å². The van der Waals surface area contributed by atoms with Crippen molar-refractivity contribution in [1.29, 1.82) is 0 Å². The minimum Gasteiger partial charge on any atom is -0.379 e. The topological polar surface area (TPSA) is 51.4 Å². The molecule has 0 aliphatic carbocycles. The largest absolute Gasteiger partial charge is 0.379 e. The lowest BCUT2D eigenvalue weighted by Gasteiger charge is -2.31. The van der Waals surface area contributed by atoms with E-state index in [1.54, 1.807) is 24.5 Å². The number of hydrogen-bond donors (Lipinski definition) is 0. The monoisotopic (exact) mass is 381 g/mol. The van der Waals surface area contributed by atoms with Gasteiger partial charge in [-0.15, -0.1) is 0 Å². The summed E-state index contributed by atoms with van der Waals surface area (Å²) in [6.45, 7) is 4.66. The molecule has 1 fully saturated rings. The Morgan fingerprint density at radius 2 is 1.89 bits per heavy atom. The van der Waals surface area contributed by atoms with Crippen LogP contribution in [0.3, 0.4) is 0 Å². The van der Waals surface area contributed by atoms with Gasteiger partial charge in [-0.05, 0) is 42.3 Å². The summed E-state index contributed by atoms with van der Waals surface area (Å²) >= 11 is 0. The van der Waals surface area contributed by atoms with Crippen molar-refractivity contribution in [2.45, 2.75) is 32.5 Å². The number of pyridine rings is 1. The summed E-state index contributed by atoms with van der Waals surface area (Å²) in [7, 11) is 0. The van der Waals surface area contributed by atoms with Crippen molar-refractivity contribution >= 4 is 0 Å². The van der Waals surface area contributed by atoms with Crippen LogP contribution in [-0.4, -0.2) is 34.3 Å². The zero-order chi connectivity index (χ0) is 19.3. The molecule has 146 valence electrons. The molecule has 0 amide bonds. The van der Waals surface area contributed by atoms with Gasteiger partial charge in [0.1, 0.15) is 11.6 Å². The van der Waals surface area contributed by atoms with Crippen LogP contribution in [0.4, 0.5) is 4.39 Å². The number of nitrogens with zero attached hydrogens (tertiary/aromatic N) is 3. The van der Waals surface area contributed by atoms with E-state index in [1.807, 2.05) is 31.2 Å². The minimum atomic E-state index is -0.210. The zero-order valence-corrected chi connectivity index (χ0v) is 15.9. The summed E-state index contributed by atoms with van der Waals surface area (Å²) < 4.78 is 25.0. The summed E-state index contributed by atoms with van der Waals surface area (Å²) in [5, 5.41) is 4.00. The lowest BCUT2D eigenvalue weighted by molar-refractivity contribution is 0.127. The SMILES string of the molecule is Cc1cc(C[C@@H]2COC[C@H]2N(Cc2ccncc2)Cc2cccc(F)c2)on1. The maximum atomic E-state index is 13.7. The van der Waals surface area contributed by atoms with Gasteiger partial charge in [-0.2, -0.15) is 0 Å². The quantitative estimate of drug-likeness (QED) is 0.623. The van der Waals surface area contributed by atoms with Gasteiger partial charge in [-0.25, -0.2) is 4.39 Å². The molecule has 2 atom stereocenters. The van der Waals surface area contributed by atoms with Gasteiger partial charge in [0, 0.05) is 49.9 Å². The molecule has 1 aromatic carbocycles. The first kappa shape index (κ1) is 18.8. The number of ether oxygens (including phenoxy) is 1. The van der Waals surface area contributed by atoms with E-state index in [2.05, 4.69) is 15.0 Å². The number of hydrogen-bond acceptors (Lipinski definition) is 5. The van der Waals surface area contributed by atoms with E-state index in [9.17, 15) is 4.39 Å². The molecular formula is C22H24FN3O2. The van der Waals surface area contributed by atoms with Crippen LogP contribution in [0.2, 0.25) is 0 Å². The van der Waals surface area contributed by atoms with E-state index in [-0.39, 0.29) is 11.9 Å². The molecule has 0 saturated carbocycles. The first-order chi connectivity index (χ1) is 13.7. The zero-order valence-electron chi connectivity index (χ0n) is 15.9. The summed E-state index contributed by atoms with van der Waals surface area (Å²) in [6, 6.07) is 13.0. The van der Waals surface area contributed by atoms with Crippen LogP contribution >= 0.6 is 0 Å². The third kappa shape index (κ3) is 4.64. The third-order valence-electron chi connectivity index (χ3n) is 5.18. The molecule has 4 rings (SSSR count). The molecule has 0 radical (unpaired) electrons. The molecule has 0 N–H and O–H groups in total. The molecule has 0 bridgehead atoms. The maximum absolute atomic E-state index is 13.7. The van der Waals surface area contributed by atoms with Crippen LogP contribution in [0, 0.1) is 18.7 Å². The molecule has 3 heterocycles. The molecule has 3 aromatic rings. The number of benzene rings is 1. The van der Waals surface area contributed by atoms with Gasteiger partial charge in [0.05, 0.1) is 18.9 Å². The van der Waals surface area contributed by atoms with Crippen molar-refractivity contribution in [2.24, 2.45) is 5.92 Å². The summed E-state index contributed by atoms with van der Waals surface area (Å²) in [6.07, 6.45) is 4.38. The fourth-order valence-corrected chi connectivity index (χ4v) is 3.84. The summed E-state index contributed by atoms with van der Waals surface area (Å²) in [4.78, 5) is 6.47. The Kier molecular flexibility index (Phi) is 5.78. The first-order valence-electron chi connectivity index (χ1n) is 9.55. The molecule has 2 aromatic heterocycles. The van der Waals surface area contributed by atoms with Crippen LogP contribution in [0.15, 0.2) is 59.4 Å². The molecule has 6 heteroatoms. The number of aryl methyl sites for hydroxylation is 1. The van der Waals surface area contributed by atoms with Crippen LogP contribution in [0.5, 0.6) is 0 Å². The lowest BCUT2D eigenvalue weighted by Crippen LogP contribution is -2.40. The summed E-state index contributed by atoms with van der Waals surface area (Å²) in [5.41, 5.74) is 3.02. The van der Waals surface area contributed by atoms with Crippen LogP contribution in [0.25, 0.3) is 0 Å². The molecule has 0 unspecified atom stereocenters. The average molecular weight is 381 g/mol. The van der Waals surface area contributed by atoms with Crippen LogP contribution in [0.1, 0.15) is 22.6 Å². The normalized spacial score (nSPS) is 19.4. The Bertz CT molecular complexity index is 900. The smallest absolute Gasteiger partial charge is 0.137 e. The van der Waals surface area contributed by atoms with Gasteiger partial charge < -0.3 is 9.26 Å². The lowest BCUT2D eigenvalue weighted by atomic mass is 9.95. The highest BCUT2D eigenvalue weighted by Gasteiger charge is 2.34. The van der Waals surface area contributed by atoms with Gasteiger partial charge >= 0.3 is 0 Å². The highest BCUT2D eigenvalue weighted by Crippen LogP contribution is 2.27. The van der Waals surface area contributed by atoms with Crippen LogP contribution < -0.4 is 0 Å². The van der Waals surface area contributed by atoms with E-state index in [1.165, 1.54) is 11.6 Å². The molecule has 5 nitrogen and oxygen atoms in total. The van der Waals surface area contributed by atoms with Crippen molar-refractivity contribution in [3.63, 3.8) is 0 Å². The molecule has 0 spiro atoms. The molecule has 1 aliphatic heterocycles. The molecule has 1 aliphatic rings. The van der Waals surface area contributed by atoms with E-state index in [4.69, 9.17) is 9.26 Å². The molecular weight excluding hydrogens is 357 g/mol. The van der Waals surface area contributed by atoms with Crippen molar-refractivity contribution in [1.82, 2.24) is 15.0 Å². The van der Waals surface area contributed by atoms with Gasteiger partial charge in [-0.3, -0.25) is 9.88 Å².